The molecule has 1 aliphatic heterocycles. The molecule has 2 amide bonds. The van der Waals surface area contributed by atoms with Crippen LogP contribution in [0.2, 0.25) is 0 Å². The van der Waals surface area contributed by atoms with Crippen molar-refractivity contribution in [2.45, 2.75) is 26.8 Å². The van der Waals surface area contributed by atoms with E-state index in [1.165, 1.54) is 23.1 Å². The lowest BCUT2D eigenvalue weighted by molar-refractivity contribution is -0.139. The maximum Gasteiger partial charge on any atom is 0.338 e. The highest BCUT2D eigenvalue weighted by Crippen LogP contribution is 2.34. The number of ether oxygens (including phenoxy) is 1. The Labute approximate surface area is 149 Å². The minimum Gasteiger partial charge on any atom is -0.463 e. The summed E-state index contributed by atoms with van der Waals surface area (Å²) in [5.41, 5.74) is 0.616. The van der Waals surface area contributed by atoms with E-state index in [1.807, 2.05) is 0 Å². The van der Waals surface area contributed by atoms with Gasteiger partial charge < -0.3 is 14.6 Å². The van der Waals surface area contributed by atoms with E-state index in [9.17, 15) is 14.0 Å². The molecule has 1 aromatic heterocycles. The van der Waals surface area contributed by atoms with Crippen LogP contribution in [-0.4, -0.2) is 23.8 Å². The first-order valence-corrected chi connectivity index (χ1v) is 8.10. The smallest absolute Gasteiger partial charge is 0.338 e. The molecule has 2 aromatic rings. The maximum atomic E-state index is 14.3. The van der Waals surface area contributed by atoms with Crippen LogP contribution in [0, 0.1) is 12.7 Å². The van der Waals surface area contributed by atoms with Crippen molar-refractivity contribution in [2.24, 2.45) is 0 Å². The number of halogens is 1. The normalized spacial score (nSPS) is 17.3. The molecule has 0 unspecified atom stereocenters. The Morgan fingerprint density at radius 3 is 2.73 bits per heavy atom. The standard InChI is InChI=1S/C18H18FN3O4/c1-4-25-17(23)15-11(3)22(14-9-10(2)26-21-14)18(24)20-16(15)12-7-5-6-8-13(12)19/h5-9,16H,4H2,1-3H3,(H,20,24)/t16-/m1/s1. The van der Waals surface area contributed by atoms with Crippen molar-refractivity contribution in [3.8, 4) is 0 Å². The average molecular weight is 359 g/mol. The van der Waals surface area contributed by atoms with Gasteiger partial charge in [-0.25, -0.2) is 18.9 Å². The molecule has 1 N–H and O–H groups in total. The number of nitrogens with zero attached hydrogens (tertiary/aromatic N) is 2. The van der Waals surface area contributed by atoms with Crippen LogP contribution < -0.4 is 10.2 Å². The molecule has 0 bridgehead atoms. The zero-order valence-electron chi connectivity index (χ0n) is 14.6. The summed E-state index contributed by atoms with van der Waals surface area (Å²) in [5.74, 6) is -0.428. The number of anilines is 1. The molecule has 136 valence electrons. The molecule has 0 spiro atoms. The summed E-state index contributed by atoms with van der Waals surface area (Å²) >= 11 is 0. The molecule has 3 rings (SSSR count). The fourth-order valence-electron chi connectivity index (χ4n) is 2.89. The number of allylic oxidation sites excluding steroid dienone is 1. The van der Waals surface area contributed by atoms with Gasteiger partial charge in [0.1, 0.15) is 11.6 Å². The number of carbonyl (C=O) groups is 2. The minimum absolute atomic E-state index is 0.136. The highest BCUT2D eigenvalue weighted by Gasteiger charge is 2.39. The molecule has 0 aliphatic carbocycles. The lowest BCUT2D eigenvalue weighted by Crippen LogP contribution is -2.48. The molecule has 0 saturated carbocycles. The van der Waals surface area contributed by atoms with E-state index in [0.29, 0.717) is 11.5 Å². The van der Waals surface area contributed by atoms with Gasteiger partial charge >= 0.3 is 12.0 Å². The first-order chi connectivity index (χ1) is 12.4. The summed E-state index contributed by atoms with van der Waals surface area (Å²) in [5, 5.41) is 6.48. The van der Waals surface area contributed by atoms with Crippen LogP contribution in [0.15, 0.2) is 46.1 Å². The van der Waals surface area contributed by atoms with Crippen LogP contribution in [0.25, 0.3) is 0 Å². The molecule has 0 radical (unpaired) electrons. The van der Waals surface area contributed by atoms with Crippen LogP contribution >= 0.6 is 0 Å². The zero-order chi connectivity index (χ0) is 18.8. The molecule has 0 fully saturated rings. The molecular weight excluding hydrogens is 341 g/mol. The largest absolute Gasteiger partial charge is 0.463 e. The van der Waals surface area contributed by atoms with Crippen LogP contribution in [0.1, 0.15) is 31.2 Å². The van der Waals surface area contributed by atoms with Crippen molar-refractivity contribution in [3.05, 3.63) is 58.7 Å². The van der Waals surface area contributed by atoms with Crippen molar-refractivity contribution in [3.63, 3.8) is 0 Å². The molecule has 1 aliphatic rings. The lowest BCUT2D eigenvalue weighted by Gasteiger charge is -2.34. The van der Waals surface area contributed by atoms with Gasteiger partial charge in [0, 0.05) is 17.3 Å². The number of hydrogen-bond acceptors (Lipinski definition) is 5. The second kappa shape index (κ2) is 6.99. The number of rotatable bonds is 4. The Kier molecular flexibility index (Phi) is 4.75. The van der Waals surface area contributed by atoms with Gasteiger partial charge in [-0.3, -0.25) is 0 Å². The number of benzene rings is 1. The Bertz CT molecular complexity index is 890. The third kappa shape index (κ3) is 3.05. The first kappa shape index (κ1) is 17.7. The van der Waals surface area contributed by atoms with E-state index in [1.54, 1.807) is 32.9 Å². The van der Waals surface area contributed by atoms with Crippen molar-refractivity contribution in [1.82, 2.24) is 10.5 Å². The van der Waals surface area contributed by atoms with Gasteiger partial charge in [-0.1, -0.05) is 23.4 Å². The molecule has 8 heteroatoms. The Morgan fingerprint density at radius 1 is 1.38 bits per heavy atom. The molecule has 0 saturated heterocycles. The minimum atomic E-state index is -0.966. The van der Waals surface area contributed by atoms with Crippen molar-refractivity contribution < 1.29 is 23.2 Å². The highest BCUT2D eigenvalue weighted by molar-refractivity contribution is 6.02. The van der Waals surface area contributed by atoms with Gasteiger partial charge in [0.15, 0.2) is 5.82 Å². The Hall–Kier alpha value is -3.16. The summed E-state index contributed by atoms with van der Waals surface area (Å²) in [6.07, 6.45) is 0. The predicted octanol–water partition coefficient (Wildman–Crippen LogP) is 3.23. The van der Waals surface area contributed by atoms with Gasteiger partial charge in [0.25, 0.3) is 0 Å². The Morgan fingerprint density at radius 2 is 2.12 bits per heavy atom. The number of amides is 2. The topological polar surface area (TPSA) is 84.7 Å². The van der Waals surface area contributed by atoms with Crippen LogP contribution in [0.4, 0.5) is 15.0 Å². The number of carbonyl (C=O) groups excluding carboxylic acids is 2. The number of aromatic nitrogens is 1. The van der Waals surface area contributed by atoms with Crippen molar-refractivity contribution in [1.29, 1.82) is 0 Å². The number of aryl methyl sites for hydroxylation is 1. The lowest BCUT2D eigenvalue weighted by atomic mass is 9.94. The van der Waals surface area contributed by atoms with Gasteiger partial charge in [-0.2, -0.15) is 0 Å². The monoisotopic (exact) mass is 359 g/mol. The number of urea groups is 1. The third-order valence-corrected chi connectivity index (χ3v) is 4.04. The maximum absolute atomic E-state index is 14.3. The van der Waals surface area contributed by atoms with E-state index >= 15 is 0 Å². The van der Waals surface area contributed by atoms with Gasteiger partial charge in [0.05, 0.1) is 18.2 Å². The van der Waals surface area contributed by atoms with Gasteiger partial charge in [-0.05, 0) is 26.8 Å². The first-order valence-electron chi connectivity index (χ1n) is 8.10. The molecule has 1 atom stereocenters. The van der Waals surface area contributed by atoms with E-state index in [0.717, 1.165) is 0 Å². The van der Waals surface area contributed by atoms with E-state index in [2.05, 4.69) is 10.5 Å². The summed E-state index contributed by atoms with van der Waals surface area (Å²) in [4.78, 5) is 26.4. The molecule has 1 aromatic carbocycles. The second-order valence-corrected chi connectivity index (χ2v) is 5.75. The van der Waals surface area contributed by atoms with E-state index in [-0.39, 0.29) is 23.6 Å². The Balaban J connectivity index is 2.15. The molecule has 7 nitrogen and oxygen atoms in total. The summed E-state index contributed by atoms with van der Waals surface area (Å²) in [6, 6.07) is 6.01. The summed E-state index contributed by atoms with van der Waals surface area (Å²) in [7, 11) is 0. The molecular formula is C18H18FN3O4. The number of esters is 1. The average Bonchev–Trinajstić information content (AvgIpc) is 3.01. The predicted molar refractivity (Wildman–Crippen MR) is 90.7 cm³/mol. The second-order valence-electron chi connectivity index (χ2n) is 5.75. The third-order valence-electron chi connectivity index (χ3n) is 4.04. The number of nitrogens with one attached hydrogen (secondary N) is 1. The fraction of sp³-hybridized carbons (Fsp3) is 0.278. The van der Waals surface area contributed by atoms with Gasteiger partial charge in [0.2, 0.25) is 0 Å². The van der Waals surface area contributed by atoms with E-state index < -0.39 is 23.9 Å². The van der Waals surface area contributed by atoms with Crippen LogP contribution in [-0.2, 0) is 9.53 Å². The summed E-state index contributed by atoms with van der Waals surface area (Å²) < 4.78 is 24.5. The SMILES string of the molecule is CCOC(=O)C1=C(C)N(c2cc(C)on2)C(=O)N[C@@H]1c1ccccc1F. The van der Waals surface area contributed by atoms with Crippen molar-refractivity contribution >= 4 is 17.8 Å². The van der Waals surface area contributed by atoms with Crippen LogP contribution in [0.3, 0.4) is 0 Å². The number of hydrogen-bond donors (Lipinski definition) is 1. The van der Waals surface area contributed by atoms with E-state index in [4.69, 9.17) is 9.26 Å². The van der Waals surface area contributed by atoms with Gasteiger partial charge in [-0.15, -0.1) is 0 Å². The molecule has 26 heavy (non-hydrogen) atoms. The zero-order valence-corrected chi connectivity index (χ0v) is 14.6. The molecule has 2 heterocycles. The summed E-state index contributed by atoms with van der Waals surface area (Å²) in [6.45, 7) is 5.09. The van der Waals surface area contributed by atoms with Crippen LogP contribution in [0.5, 0.6) is 0 Å². The highest BCUT2D eigenvalue weighted by atomic mass is 19.1. The quantitative estimate of drug-likeness (QED) is 0.847. The fourth-order valence-corrected chi connectivity index (χ4v) is 2.89. The van der Waals surface area contributed by atoms with Crippen molar-refractivity contribution in [2.75, 3.05) is 11.5 Å².